The van der Waals surface area contributed by atoms with Crippen molar-refractivity contribution in [3.63, 3.8) is 0 Å². The Morgan fingerprint density at radius 1 is 0.926 bits per heavy atom. The van der Waals surface area contributed by atoms with Crippen LogP contribution in [0, 0.1) is 0 Å². The summed E-state index contributed by atoms with van der Waals surface area (Å²) in [6, 6.07) is 7.74. The lowest BCUT2D eigenvalue weighted by Crippen LogP contribution is -2.31. The van der Waals surface area contributed by atoms with Crippen molar-refractivity contribution in [1.29, 1.82) is 0 Å². The van der Waals surface area contributed by atoms with Gasteiger partial charge in [-0.05, 0) is 37.0 Å². The average Bonchev–Trinajstić information content (AvgIpc) is 2.67. The summed E-state index contributed by atoms with van der Waals surface area (Å²) in [6.45, 7) is 2.59. The molecule has 0 atom stereocenters. The minimum Gasteiger partial charge on any atom is -0.370 e. The Hall–Kier alpha value is -1.88. The third-order valence-corrected chi connectivity index (χ3v) is 4.75. The number of benzene rings is 1. The number of nitrogens with zero attached hydrogens (tertiary/aromatic N) is 1. The van der Waals surface area contributed by atoms with Crippen LogP contribution >= 0.6 is 0 Å². The molecule has 5 nitrogen and oxygen atoms in total. The van der Waals surface area contributed by atoms with Gasteiger partial charge >= 0.3 is 0 Å². The Morgan fingerprint density at radius 3 is 2.07 bits per heavy atom. The highest BCUT2D eigenvalue weighted by atomic mass is 16.7. The first-order valence-electron chi connectivity index (χ1n) is 10.3. The van der Waals surface area contributed by atoms with E-state index in [4.69, 9.17) is 10.6 Å². The van der Waals surface area contributed by atoms with Gasteiger partial charge in [-0.3, -0.25) is 14.4 Å². The van der Waals surface area contributed by atoms with E-state index in [0.29, 0.717) is 18.5 Å². The molecule has 0 spiro atoms. The number of amides is 2. The molecule has 2 amide bonds. The molecule has 0 fully saturated rings. The molecule has 0 aliphatic heterocycles. The molecule has 0 saturated carbocycles. The van der Waals surface area contributed by atoms with E-state index in [2.05, 4.69) is 6.92 Å². The molecule has 0 heterocycles. The maximum atomic E-state index is 12.5. The van der Waals surface area contributed by atoms with E-state index in [1.165, 1.54) is 69.1 Å². The van der Waals surface area contributed by atoms with Crippen LogP contribution in [-0.2, 0) is 16.1 Å². The zero-order valence-corrected chi connectivity index (χ0v) is 17.0. The Morgan fingerprint density at radius 2 is 1.52 bits per heavy atom. The quantitative estimate of drug-likeness (QED) is 0.358. The summed E-state index contributed by atoms with van der Waals surface area (Å²) in [5, 5.41) is 1.27. The Kier molecular flexibility index (Phi) is 12.2. The lowest BCUT2D eigenvalue weighted by atomic mass is 10.0. The summed E-state index contributed by atoms with van der Waals surface area (Å²) in [7, 11) is 1.46. The third-order valence-electron chi connectivity index (χ3n) is 4.75. The van der Waals surface area contributed by atoms with Crippen LogP contribution in [0.2, 0.25) is 0 Å². The van der Waals surface area contributed by atoms with Gasteiger partial charge in [0.1, 0.15) is 0 Å². The SMILES string of the molecule is CCCCCCCCCCc1ccc(C(=O)N(CCCC(N)=O)OC)cc1. The van der Waals surface area contributed by atoms with Crippen LogP contribution < -0.4 is 5.73 Å². The van der Waals surface area contributed by atoms with Gasteiger partial charge in [-0.15, -0.1) is 0 Å². The summed E-state index contributed by atoms with van der Waals surface area (Å²) in [5.41, 5.74) is 6.98. The van der Waals surface area contributed by atoms with Crippen LogP contribution in [0.1, 0.15) is 87.1 Å². The lowest BCUT2D eigenvalue weighted by molar-refractivity contribution is -0.119. The van der Waals surface area contributed by atoms with Gasteiger partial charge in [0.05, 0.1) is 7.11 Å². The van der Waals surface area contributed by atoms with E-state index >= 15 is 0 Å². The molecule has 1 aromatic rings. The average molecular weight is 377 g/mol. The van der Waals surface area contributed by atoms with Gasteiger partial charge in [-0.2, -0.15) is 0 Å². The van der Waals surface area contributed by atoms with Crippen LogP contribution in [-0.4, -0.2) is 30.5 Å². The number of hydroxylamine groups is 2. The van der Waals surface area contributed by atoms with Gasteiger partial charge in [0.25, 0.3) is 5.91 Å². The van der Waals surface area contributed by atoms with Gasteiger partial charge in [0.2, 0.25) is 5.91 Å². The van der Waals surface area contributed by atoms with Crippen molar-refractivity contribution in [3.05, 3.63) is 35.4 Å². The number of hydrogen-bond acceptors (Lipinski definition) is 3. The molecule has 0 unspecified atom stereocenters. The number of carbonyl (C=O) groups is 2. The predicted octanol–water partition coefficient (Wildman–Crippen LogP) is 4.64. The number of rotatable bonds is 15. The topological polar surface area (TPSA) is 72.6 Å². The molecule has 0 bridgehead atoms. The molecular weight excluding hydrogens is 340 g/mol. The Labute approximate surface area is 164 Å². The van der Waals surface area contributed by atoms with Crippen LogP contribution in [0.15, 0.2) is 24.3 Å². The lowest BCUT2D eigenvalue weighted by Gasteiger charge is -2.19. The van der Waals surface area contributed by atoms with Gasteiger partial charge < -0.3 is 5.73 Å². The highest BCUT2D eigenvalue weighted by molar-refractivity contribution is 5.93. The highest BCUT2D eigenvalue weighted by Gasteiger charge is 2.15. The number of carbonyl (C=O) groups excluding carboxylic acids is 2. The van der Waals surface area contributed by atoms with E-state index in [1.807, 2.05) is 24.3 Å². The minimum absolute atomic E-state index is 0.194. The molecule has 1 aromatic carbocycles. The van der Waals surface area contributed by atoms with E-state index < -0.39 is 0 Å². The smallest absolute Gasteiger partial charge is 0.277 e. The van der Waals surface area contributed by atoms with E-state index in [9.17, 15) is 9.59 Å². The van der Waals surface area contributed by atoms with E-state index in [1.54, 1.807) is 0 Å². The molecule has 2 N–H and O–H groups in total. The second-order valence-corrected chi connectivity index (χ2v) is 7.08. The first-order chi connectivity index (χ1) is 13.1. The van der Waals surface area contributed by atoms with Gasteiger partial charge in [0.15, 0.2) is 0 Å². The van der Waals surface area contributed by atoms with Crippen LogP contribution in [0.3, 0.4) is 0 Å². The summed E-state index contributed by atoms with van der Waals surface area (Å²) in [6.07, 6.45) is 12.3. The minimum atomic E-state index is -0.371. The second kappa shape index (κ2) is 14.2. The number of unbranched alkanes of at least 4 members (excludes halogenated alkanes) is 7. The summed E-state index contributed by atoms with van der Waals surface area (Å²) < 4.78 is 0. The van der Waals surface area contributed by atoms with Crippen molar-refractivity contribution in [2.45, 2.75) is 77.6 Å². The first kappa shape index (κ1) is 23.2. The molecular formula is C22H36N2O3. The maximum absolute atomic E-state index is 12.5. The molecule has 1 rings (SSSR count). The third kappa shape index (κ3) is 10.1. The Bertz CT molecular complexity index is 543. The molecule has 152 valence electrons. The van der Waals surface area contributed by atoms with Crippen LogP contribution in [0.4, 0.5) is 0 Å². The maximum Gasteiger partial charge on any atom is 0.277 e. The zero-order valence-electron chi connectivity index (χ0n) is 17.0. The molecule has 0 aliphatic rings. The Balaban J connectivity index is 2.32. The van der Waals surface area contributed by atoms with Crippen molar-refractivity contribution in [1.82, 2.24) is 5.06 Å². The fraction of sp³-hybridized carbons (Fsp3) is 0.636. The molecule has 0 saturated heterocycles. The molecule has 0 aliphatic carbocycles. The van der Waals surface area contributed by atoms with Gasteiger partial charge in [0, 0.05) is 18.5 Å². The van der Waals surface area contributed by atoms with Crippen molar-refractivity contribution in [2.75, 3.05) is 13.7 Å². The summed E-state index contributed by atoms with van der Waals surface area (Å²) >= 11 is 0. The molecule has 0 aromatic heterocycles. The number of hydrogen-bond donors (Lipinski definition) is 1. The predicted molar refractivity (Wildman–Crippen MR) is 109 cm³/mol. The standard InChI is InChI=1S/C22H36N2O3/c1-3-4-5-6-7-8-9-10-12-19-14-16-20(17-15-19)22(26)24(27-2)18-11-13-21(23)25/h14-17H,3-13,18H2,1-2H3,(H2,23,25). The normalized spacial score (nSPS) is 10.7. The van der Waals surface area contributed by atoms with Crippen molar-refractivity contribution in [2.24, 2.45) is 5.73 Å². The molecule has 5 heteroatoms. The fourth-order valence-corrected chi connectivity index (χ4v) is 3.09. The van der Waals surface area contributed by atoms with Crippen LogP contribution in [0.5, 0.6) is 0 Å². The van der Waals surface area contributed by atoms with E-state index in [0.717, 1.165) is 6.42 Å². The zero-order chi connectivity index (χ0) is 19.9. The van der Waals surface area contributed by atoms with Crippen molar-refractivity contribution >= 4 is 11.8 Å². The van der Waals surface area contributed by atoms with Crippen molar-refractivity contribution in [3.8, 4) is 0 Å². The fourth-order valence-electron chi connectivity index (χ4n) is 3.09. The monoisotopic (exact) mass is 376 g/mol. The molecule has 27 heavy (non-hydrogen) atoms. The number of primary amides is 1. The van der Waals surface area contributed by atoms with Crippen molar-refractivity contribution < 1.29 is 14.4 Å². The highest BCUT2D eigenvalue weighted by Crippen LogP contribution is 2.13. The molecule has 0 radical (unpaired) electrons. The second-order valence-electron chi connectivity index (χ2n) is 7.08. The largest absolute Gasteiger partial charge is 0.370 e. The van der Waals surface area contributed by atoms with Crippen LogP contribution in [0.25, 0.3) is 0 Å². The van der Waals surface area contributed by atoms with Gasteiger partial charge in [-0.25, -0.2) is 5.06 Å². The summed E-state index contributed by atoms with van der Waals surface area (Å²) in [4.78, 5) is 28.4. The number of nitrogens with two attached hydrogens (primary N) is 1. The van der Waals surface area contributed by atoms with E-state index in [-0.39, 0.29) is 18.2 Å². The summed E-state index contributed by atoms with van der Waals surface area (Å²) in [5.74, 6) is -0.565. The first-order valence-corrected chi connectivity index (χ1v) is 10.3. The van der Waals surface area contributed by atoms with Gasteiger partial charge in [-0.1, -0.05) is 64.0 Å². The number of aryl methyl sites for hydroxylation is 1.